The van der Waals surface area contributed by atoms with Crippen LogP contribution in [0.5, 0.6) is 5.75 Å². The van der Waals surface area contributed by atoms with Crippen molar-refractivity contribution in [1.82, 2.24) is 5.32 Å². The molecular formula is C17H28N2O. The van der Waals surface area contributed by atoms with Crippen LogP contribution in [0.15, 0.2) is 24.3 Å². The number of benzene rings is 1. The second-order valence-electron chi connectivity index (χ2n) is 5.93. The highest BCUT2D eigenvalue weighted by Gasteiger charge is 2.23. The van der Waals surface area contributed by atoms with Crippen molar-refractivity contribution >= 4 is 5.69 Å². The van der Waals surface area contributed by atoms with Crippen LogP contribution in [0.4, 0.5) is 5.69 Å². The molecule has 1 aromatic carbocycles. The number of nitrogens with one attached hydrogen (secondary N) is 1. The molecule has 0 heterocycles. The van der Waals surface area contributed by atoms with Crippen molar-refractivity contribution in [3.63, 3.8) is 0 Å². The predicted octanol–water partition coefficient (Wildman–Crippen LogP) is 3.44. The second kappa shape index (κ2) is 7.53. The zero-order valence-electron chi connectivity index (χ0n) is 13.1. The van der Waals surface area contributed by atoms with Gasteiger partial charge in [-0.3, -0.25) is 0 Å². The van der Waals surface area contributed by atoms with Gasteiger partial charge in [-0.15, -0.1) is 0 Å². The number of likely N-dealkylation sites (N-methyl/N-ethyl adjacent to an activating group) is 1. The quantitative estimate of drug-likeness (QED) is 0.911. The molecule has 0 bridgehead atoms. The maximum atomic E-state index is 6.30. The normalized spacial score (nSPS) is 23.8. The van der Waals surface area contributed by atoms with Gasteiger partial charge in [0.15, 0.2) is 0 Å². The van der Waals surface area contributed by atoms with Crippen LogP contribution in [-0.2, 0) is 0 Å². The van der Waals surface area contributed by atoms with Gasteiger partial charge in [0.1, 0.15) is 11.9 Å². The summed E-state index contributed by atoms with van der Waals surface area (Å²) in [6.45, 7) is 0. The van der Waals surface area contributed by atoms with E-state index >= 15 is 0 Å². The predicted molar refractivity (Wildman–Crippen MR) is 85.7 cm³/mol. The van der Waals surface area contributed by atoms with E-state index in [1.54, 1.807) is 0 Å². The Bertz CT molecular complexity index is 406. The number of ether oxygens (including phenoxy) is 1. The van der Waals surface area contributed by atoms with Crippen molar-refractivity contribution in [2.24, 2.45) is 0 Å². The summed E-state index contributed by atoms with van der Waals surface area (Å²) in [6, 6.07) is 8.85. The lowest BCUT2D eigenvalue weighted by atomic mass is 9.94. The molecule has 1 saturated carbocycles. The van der Waals surface area contributed by atoms with Crippen LogP contribution in [-0.4, -0.2) is 33.3 Å². The summed E-state index contributed by atoms with van der Waals surface area (Å²) >= 11 is 0. The molecule has 0 amide bonds. The topological polar surface area (TPSA) is 24.5 Å². The van der Waals surface area contributed by atoms with Gasteiger partial charge < -0.3 is 15.0 Å². The standard InChI is InChI=1S/C17H28N2O/c1-18-16-11-6-4-5-7-12-17(16)20-15-10-8-9-14(13-15)19(2)3/h8-10,13,16-18H,4-7,11-12H2,1-3H3. The van der Waals surface area contributed by atoms with Crippen LogP contribution < -0.4 is 15.0 Å². The Kier molecular flexibility index (Phi) is 5.72. The van der Waals surface area contributed by atoms with Gasteiger partial charge in [0.25, 0.3) is 0 Å². The monoisotopic (exact) mass is 276 g/mol. The van der Waals surface area contributed by atoms with Gasteiger partial charge in [-0.1, -0.05) is 25.3 Å². The third-order valence-electron chi connectivity index (χ3n) is 4.19. The Balaban J connectivity index is 2.06. The molecule has 1 aromatic rings. The van der Waals surface area contributed by atoms with Crippen molar-refractivity contribution in [1.29, 1.82) is 0 Å². The van der Waals surface area contributed by atoms with E-state index in [0.717, 1.165) is 12.2 Å². The van der Waals surface area contributed by atoms with E-state index < -0.39 is 0 Å². The Morgan fingerprint density at radius 1 is 1.10 bits per heavy atom. The van der Waals surface area contributed by atoms with Crippen molar-refractivity contribution in [2.45, 2.75) is 50.7 Å². The third kappa shape index (κ3) is 4.14. The zero-order valence-corrected chi connectivity index (χ0v) is 13.1. The number of nitrogens with zero attached hydrogens (tertiary/aromatic N) is 1. The van der Waals surface area contributed by atoms with E-state index in [1.807, 2.05) is 0 Å². The molecule has 3 heteroatoms. The highest BCUT2D eigenvalue weighted by molar-refractivity contribution is 5.49. The molecule has 2 unspecified atom stereocenters. The maximum absolute atomic E-state index is 6.30. The molecule has 1 aliphatic carbocycles. The number of anilines is 1. The molecule has 0 spiro atoms. The fourth-order valence-electron chi connectivity index (χ4n) is 2.93. The van der Waals surface area contributed by atoms with E-state index in [4.69, 9.17) is 4.74 Å². The van der Waals surface area contributed by atoms with Crippen molar-refractivity contribution in [2.75, 3.05) is 26.0 Å². The van der Waals surface area contributed by atoms with E-state index in [0.29, 0.717) is 6.04 Å². The summed E-state index contributed by atoms with van der Waals surface area (Å²) in [5.41, 5.74) is 1.19. The first kappa shape index (κ1) is 15.2. The van der Waals surface area contributed by atoms with Crippen LogP contribution >= 0.6 is 0 Å². The molecule has 0 aliphatic heterocycles. The summed E-state index contributed by atoms with van der Waals surface area (Å²) in [6.07, 6.45) is 7.94. The highest BCUT2D eigenvalue weighted by atomic mass is 16.5. The number of hydrogen-bond donors (Lipinski definition) is 1. The molecular weight excluding hydrogens is 248 g/mol. The van der Waals surface area contributed by atoms with E-state index in [9.17, 15) is 0 Å². The average molecular weight is 276 g/mol. The lowest BCUT2D eigenvalue weighted by Gasteiger charge is -2.30. The number of rotatable bonds is 4. The molecule has 20 heavy (non-hydrogen) atoms. The summed E-state index contributed by atoms with van der Waals surface area (Å²) in [5.74, 6) is 0.988. The molecule has 1 aliphatic rings. The van der Waals surface area contributed by atoms with Gasteiger partial charge in [-0.25, -0.2) is 0 Å². The van der Waals surface area contributed by atoms with Gasteiger partial charge >= 0.3 is 0 Å². The Morgan fingerprint density at radius 2 is 1.85 bits per heavy atom. The van der Waals surface area contributed by atoms with E-state index in [-0.39, 0.29) is 6.10 Å². The van der Waals surface area contributed by atoms with Crippen LogP contribution in [0.1, 0.15) is 38.5 Å². The first-order valence-electron chi connectivity index (χ1n) is 7.82. The number of hydrogen-bond acceptors (Lipinski definition) is 3. The second-order valence-corrected chi connectivity index (χ2v) is 5.93. The molecule has 112 valence electrons. The van der Waals surface area contributed by atoms with Crippen LogP contribution in [0, 0.1) is 0 Å². The van der Waals surface area contributed by atoms with Crippen LogP contribution in [0.3, 0.4) is 0 Å². The SMILES string of the molecule is CNC1CCCCCCC1Oc1cccc(N(C)C)c1. The molecule has 0 aromatic heterocycles. The minimum absolute atomic E-state index is 0.290. The fraction of sp³-hybridized carbons (Fsp3) is 0.647. The molecule has 0 saturated heterocycles. The van der Waals surface area contributed by atoms with Gasteiger partial charge in [-0.2, -0.15) is 0 Å². The minimum Gasteiger partial charge on any atom is -0.489 e. The molecule has 0 radical (unpaired) electrons. The Morgan fingerprint density at radius 3 is 2.55 bits per heavy atom. The highest BCUT2D eigenvalue weighted by Crippen LogP contribution is 2.25. The smallest absolute Gasteiger partial charge is 0.121 e. The first-order valence-corrected chi connectivity index (χ1v) is 7.82. The minimum atomic E-state index is 0.290. The van der Waals surface area contributed by atoms with Crippen LogP contribution in [0.25, 0.3) is 0 Å². The summed E-state index contributed by atoms with van der Waals surface area (Å²) in [5, 5.41) is 3.44. The average Bonchev–Trinajstić information content (AvgIpc) is 2.42. The molecule has 2 atom stereocenters. The summed E-state index contributed by atoms with van der Waals surface area (Å²) in [4.78, 5) is 2.11. The van der Waals surface area contributed by atoms with E-state index in [1.165, 1.54) is 37.8 Å². The van der Waals surface area contributed by atoms with Gasteiger partial charge in [0.05, 0.1) is 0 Å². The molecule has 3 nitrogen and oxygen atoms in total. The van der Waals surface area contributed by atoms with Gasteiger partial charge in [0.2, 0.25) is 0 Å². The molecule has 2 rings (SSSR count). The van der Waals surface area contributed by atoms with Crippen LogP contribution in [0.2, 0.25) is 0 Å². The summed E-state index contributed by atoms with van der Waals surface area (Å²) in [7, 11) is 6.18. The molecule has 1 N–H and O–H groups in total. The van der Waals surface area contributed by atoms with Gasteiger partial charge in [-0.05, 0) is 38.4 Å². The van der Waals surface area contributed by atoms with Crippen molar-refractivity contribution in [3.05, 3.63) is 24.3 Å². The van der Waals surface area contributed by atoms with Crippen molar-refractivity contribution < 1.29 is 4.74 Å². The van der Waals surface area contributed by atoms with Crippen molar-refractivity contribution in [3.8, 4) is 5.75 Å². The summed E-state index contributed by atoms with van der Waals surface area (Å²) < 4.78 is 6.30. The maximum Gasteiger partial charge on any atom is 0.121 e. The first-order chi connectivity index (χ1) is 9.70. The fourth-order valence-corrected chi connectivity index (χ4v) is 2.93. The largest absolute Gasteiger partial charge is 0.489 e. The Hall–Kier alpha value is -1.22. The third-order valence-corrected chi connectivity index (χ3v) is 4.19. The molecule has 1 fully saturated rings. The zero-order chi connectivity index (χ0) is 14.4. The van der Waals surface area contributed by atoms with Gasteiger partial charge in [0, 0.05) is 31.9 Å². The van der Waals surface area contributed by atoms with E-state index in [2.05, 4.69) is 55.6 Å². The lowest BCUT2D eigenvalue weighted by molar-refractivity contribution is 0.131. The lowest BCUT2D eigenvalue weighted by Crippen LogP contribution is -2.41. The Labute approximate surface area is 123 Å².